The SMILES string of the molecule is CC(Br)CC(=O)NC1CCCCC1. The van der Waals surface area contributed by atoms with Crippen LogP contribution in [0.4, 0.5) is 0 Å². The summed E-state index contributed by atoms with van der Waals surface area (Å²) in [5, 5.41) is 3.08. The van der Waals surface area contributed by atoms with E-state index < -0.39 is 0 Å². The number of hydrogen-bond acceptors (Lipinski definition) is 1. The number of halogens is 1. The van der Waals surface area contributed by atoms with Crippen LogP contribution >= 0.6 is 15.9 Å². The molecule has 1 rings (SSSR count). The maximum atomic E-state index is 11.4. The fourth-order valence-corrected chi connectivity index (χ4v) is 2.08. The Labute approximate surface area is 88.6 Å². The molecule has 1 aliphatic carbocycles. The van der Waals surface area contributed by atoms with Gasteiger partial charge in [0, 0.05) is 17.3 Å². The average molecular weight is 248 g/mol. The van der Waals surface area contributed by atoms with Crippen LogP contribution < -0.4 is 5.32 Å². The molecule has 1 N–H and O–H groups in total. The summed E-state index contributed by atoms with van der Waals surface area (Å²) in [6.45, 7) is 2.00. The molecule has 0 radical (unpaired) electrons. The number of hydrogen-bond donors (Lipinski definition) is 1. The van der Waals surface area contributed by atoms with Gasteiger partial charge in [-0.05, 0) is 12.8 Å². The highest BCUT2D eigenvalue weighted by Crippen LogP contribution is 2.17. The number of rotatable bonds is 3. The molecule has 0 saturated heterocycles. The lowest BCUT2D eigenvalue weighted by molar-refractivity contribution is -0.121. The van der Waals surface area contributed by atoms with Crippen molar-refractivity contribution in [2.45, 2.75) is 56.3 Å². The average Bonchev–Trinajstić information content (AvgIpc) is 2.04. The smallest absolute Gasteiger partial charge is 0.221 e. The van der Waals surface area contributed by atoms with Gasteiger partial charge < -0.3 is 5.32 Å². The van der Waals surface area contributed by atoms with Crippen LogP contribution in [-0.2, 0) is 4.79 Å². The first-order valence-corrected chi connectivity index (χ1v) is 6.03. The Morgan fingerprint density at radius 1 is 1.46 bits per heavy atom. The van der Waals surface area contributed by atoms with Gasteiger partial charge in [-0.2, -0.15) is 0 Å². The van der Waals surface area contributed by atoms with Crippen LogP contribution in [0.25, 0.3) is 0 Å². The van der Waals surface area contributed by atoms with Crippen molar-refractivity contribution in [3.63, 3.8) is 0 Å². The van der Waals surface area contributed by atoms with Crippen molar-refractivity contribution in [2.75, 3.05) is 0 Å². The maximum Gasteiger partial charge on any atom is 0.221 e. The van der Waals surface area contributed by atoms with Crippen molar-refractivity contribution in [2.24, 2.45) is 0 Å². The highest BCUT2D eigenvalue weighted by atomic mass is 79.9. The van der Waals surface area contributed by atoms with Gasteiger partial charge >= 0.3 is 0 Å². The molecule has 1 atom stereocenters. The van der Waals surface area contributed by atoms with Crippen molar-refractivity contribution in [1.82, 2.24) is 5.32 Å². The Hall–Kier alpha value is -0.0500. The van der Waals surface area contributed by atoms with Gasteiger partial charge in [-0.25, -0.2) is 0 Å². The predicted octanol–water partition coefficient (Wildman–Crippen LogP) is 2.61. The van der Waals surface area contributed by atoms with E-state index in [0.29, 0.717) is 12.5 Å². The lowest BCUT2D eigenvalue weighted by Gasteiger charge is -2.22. The van der Waals surface area contributed by atoms with E-state index in [1.807, 2.05) is 6.92 Å². The molecule has 0 heterocycles. The second-order valence-corrected chi connectivity index (χ2v) is 5.45. The van der Waals surface area contributed by atoms with Crippen LogP contribution in [0, 0.1) is 0 Å². The van der Waals surface area contributed by atoms with Crippen LogP contribution in [0.1, 0.15) is 45.4 Å². The molecular formula is C10H18BrNO. The number of carbonyl (C=O) groups is 1. The lowest BCUT2D eigenvalue weighted by atomic mass is 9.95. The first-order valence-electron chi connectivity index (χ1n) is 5.12. The number of amides is 1. The van der Waals surface area contributed by atoms with E-state index in [1.165, 1.54) is 32.1 Å². The molecule has 2 nitrogen and oxygen atoms in total. The second-order valence-electron chi connectivity index (χ2n) is 3.89. The van der Waals surface area contributed by atoms with Gasteiger partial charge in [0.2, 0.25) is 5.91 Å². The van der Waals surface area contributed by atoms with E-state index in [1.54, 1.807) is 0 Å². The molecule has 0 aliphatic heterocycles. The third-order valence-electron chi connectivity index (χ3n) is 2.44. The van der Waals surface area contributed by atoms with Crippen molar-refractivity contribution in [3.05, 3.63) is 0 Å². The Morgan fingerprint density at radius 3 is 2.62 bits per heavy atom. The topological polar surface area (TPSA) is 29.1 Å². The molecule has 1 amide bonds. The van der Waals surface area contributed by atoms with Crippen LogP contribution in [0.15, 0.2) is 0 Å². The van der Waals surface area contributed by atoms with Crippen molar-refractivity contribution < 1.29 is 4.79 Å². The molecule has 13 heavy (non-hydrogen) atoms. The fraction of sp³-hybridized carbons (Fsp3) is 0.900. The van der Waals surface area contributed by atoms with E-state index in [2.05, 4.69) is 21.2 Å². The summed E-state index contributed by atoms with van der Waals surface area (Å²) in [7, 11) is 0. The van der Waals surface area contributed by atoms with Gasteiger partial charge in [0.05, 0.1) is 0 Å². The number of nitrogens with one attached hydrogen (secondary N) is 1. The summed E-state index contributed by atoms with van der Waals surface area (Å²) in [5.41, 5.74) is 0. The Bertz CT molecular complexity index is 164. The molecule has 3 heteroatoms. The van der Waals surface area contributed by atoms with Crippen molar-refractivity contribution in [1.29, 1.82) is 0 Å². The van der Waals surface area contributed by atoms with Crippen molar-refractivity contribution in [3.8, 4) is 0 Å². The molecule has 1 unspecified atom stereocenters. The normalized spacial score (nSPS) is 21.1. The summed E-state index contributed by atoms with van der Waals surface area (Å²) in [6, 6.07) is 0.451. The molecular weight excluding hydrogens is 230 g/mol. The van der Waals surface area contributed by atoms with Gasteiger partial charge in [-0.15, -0.1) is 0 Å². The third kappa shape index (κ3) is 4.65. The summed E-state index contributed by atoms with van der Waals surface area (Å²) < 4.78 is 0. The van der Waals surface area contributed by atoms with E-state index in [4.69, 9.17) is 0 Å². The van der Waals surface area contributed by atoms with E-state index in [9.17, 15) is 4.79 Å². The lowest BCUT2D eigenvalue weighted by Crippen LogP contribution is -2.36. The zero-order valence-electron chi connectivity index (χ0n) is 8.18. The summed E-state index contributed by atoms with van der Waals surface area (Å²) in [4.78, 5) is 11.7. The minimum Gasteiger partial charge on any atom is -0.353 e. The van der Waals surface area contributed by atoms with Gasteiger partial charge in [0.1, 0.15) is 0 Å². The molecule has 1 fully saturated rings. The zero-order valence-corrected chi connectivity index (χ0v) is 9.77. The highest BCUT2D eigenvalue weighted by Gasteiger charge is 2.15. The first kappa shape index (κ1) is 11.0. The van der Waals surface area contributed by atoms with Crippen LogP contribution in [-0.4, -0.2) is 16.8 Å². The molecule has 76 valence electrons. The Morgan fingerprint density at radius 2 is 2.08 bits per heavy atom. The molecule has 0 bridgehead atoms. The molecule has 0 aromatic heterocycles. The first-order chi connectivity index (χ1) is 6.18. The standard InChI is InChI=1S/C10H18BrNO/c1-8(11)7-10(13)12-9-5-3-2-4-6-9/h8-9H,2-7H2,1H3,(H,12,13). The number of carbonyl (C=O) groups excluding carboxylic acids is 1. The van der Waals surface area contributed by atoms with Crippen LogP contribution in [0.3, 0.4) is 0 Å². The maximum absolute atomic E-state index is 11.4. The zero-order chi connectivity index (χ0) is 9.68. The second kappa shape index (κ2) is 5.63. The predicted molar refractivity (Wildman–Crippen MR) is 58.0 cm³/mol. The largest absolute Gasteiger partial charge is 0.353 e. The summed E-state index contributed by atoms with van der Waals surface area (Å²) >= 11 is 3.38. The number of alkyl halides is 1. The van der Waals surface area contributed by atoms with Crippen LogP contribution in [0.2, 0.25) is 0 Å². The van der Waals surface area contributed by atoms with Crippen LogP contribution in [0.5, 0.6) is 0 Å². The fourth-order valence-electron chi connectivity index (χ4n) is 1.79. The third-order valence-corrected chi connectivity index (χ3v) is 2.76. The van der Waals surface area contributed by atoms with E-state index >= 15 is 0 Å². The molecule has 0 aromatic carbocycles. The van der Waals surface area contributed by atoms with E-state index in [0.717, 1.165) is 0 Å². The van der Waals surface area contributed by atoms with Gasteiger partial charge in [-0.1, -0.05) is 42.1 Å². The highest BCUT2D eigenvalue weighted by molar-refractivity contribution is 9.09. The Kier molecular flexibility index (Phi) is 4.78. The Balaban J connectivity index is 2.18. The van der Waals surface area contributed by atoms with E-state index in [-0.39, 0.29) is 10.7 Å². The monoisotopic (exact) mass is 247 g/mol. The minimum absolute atomic E-state index is 0.191. The molecule has 1 saturated carbocycles. The summed E-state index contributed by atoms with van der Waals surface area (Å²) in [6.07, 6.45) is 6.81. The quantitative estimate of drug-likeness (QED) is 0.764. The molecule has 0 aromatic rings. The van der Waals surface area contributed by atoms with Gasteiger partial charge in [0.15, 0.2) is 0 Å². The molecule has 0 spiro atoms. The van der Waals surface area contributed by atoms with Gasteiger partial charge in [0.25, 0.3) is 0 Å². The minimum atomic E-state index is 0.191. The van der Waals surface area contributed by atoms with Gasteiger partial charge in [-0.3, -0.25) is 4.79 Å². The molecule has 1 aliphatic rings. The summed E-state index contributed by atoms with van der Waals surface area (Å²) in [5.74, 6) is 0.191. The van der Waals surface area contributed by atoms with Crippen molar-refractivity contribution >= 4 is 21.8 Å².